The molecule has 2 rings (SSSR count). The molecule has 2 nitrogen and oxygen atoms in total. The summed E-state index contributed by atoms with van der Waals surface area (Å²) in [5, 5.41) is 0. The largest absolute Gasteiger partial charge is 0.491 e. The van der Waals surface area contributed by atoms with Gasteiger partial charge in [0, 0.05) is 12.0 Å². The lowest BCUT2D eigenvalue weighted by molar-refractivity contribution is 0.242. The predicted octanol–water partition coefficient (Wildman–Crippen LogP) is 5.03. The molecule has 21 heavy (non-hydrogen) atoms. The second kappa shape index (κ2) is 7.40. The van der Waals surface area contributed by atoms with Crippen LogP contribution >= 0.6 is 0 Å². The quantitative estimate of drug-likeness (QED) is 0.731. The van der Waals surface area contributed by atoms with Crippen molar-refractivity contribution >= 4 is 0 Å². The summed E-state index contributed by atoms with van der Waals surface area (Å²) in [6.07, 6.45) is 1.04. The highest BCUT2D eigenvalue weighted by Crippen LogP contribution is 2.24. The zero-order chi connectivity index (χ0) is 15.1. The first-order valence-electron chi connectivity index (χ1n) is 7.21. The van der Waals surface area contributed by atoms with Gasteiger partial charge in [-0.15, -0.1) is 0 Å². The van der Waals surface area contributed by atoms with Crippen molar-refractivity contribution in [1.29, 1.82) is 0 Å². The zero-order valence-electron chi connectivity index (χ0n) is 12.7. The molecule has 0 amide bonds. The minimum atomic E-state index is 0.175. The molecule has 0 unspecified atom stereocenters. The van der Waals surface area contributed by atoms with Gasteiger partial charge in [-0.25, -0.2) is 0 Å². The van der Waals surface area contributed by atoms with Crippen LogP contribution in [0.15, 0.2) is 48.5 Å². The molecule has 0 aromatic heterocycles. The van der Waals surface area contributed by atoms with Crippen LogP contribution in [0.1, 0.15) is 32.8 Å². The third-order valence-corrected chi connectivity index (χ3v) is 2.70. The Bertz CT molecular complexity index is 613. The second-order valence-electron chi connectivity index (χ2n) is 4.92. The summed E-state index contributed by atoms with van der Waals surface area (Å²) in [5.74, 6) is 8.58. The molecule has 0 saturated heterocycles. The van der Waals surface area contributed by atoms with Crippen LogP contribution in [0.5, 0.6) is 17.2 Å². The Morgan fingerprint density at radius 2 is 1.38 bits per heavy atom. The molecule has 0 heterocycles. The Morgan fingerprint density at radius 3 is 1.90 bits per heavy atom. The molecule has 0 fully saturated rings. The summed E-state index contributed by atoms with van der Waals surface area (Å²) in [5.41, 5.74) is 1.00. The van der Waals surface area contributed by atoms with E-state index in [-0.39, 0.29) is 6.10 Å². The SMILES string of the molecule is CCC#Cc1ccc(Oc2ccc(OC(C)C)cc2)cc1. The lowest BCUT2D eigenvalue weighted by Crippen LogP contribution is -2.05. The van der Waals surface area contributed by atoms with Crippen LogP contribution < -0.4 is 9.47 Å². The minimum absolute atomic E-state index is 0.175. The van der Waals surface area contributed by atoms with Crippen molar-refractivity contribution in [2.24, 2.45) is 0 Å². The number of hydrogen-bond acceptors (Lipinski definition) is 2. The second-order valence-corrected chi connectivity index (χ2v) is 4.92. The van der Waals surface area contributed by atoms with E-state index in [0.717, 1.165) is 29.2 Å². The lowest BCUT2D eigenvalue weighted by Gasteiger charge is -2.10. The molecule has 0 atom stereocenters. The van der Waals surface area contributed by atoms with Gasteiger partial charge in [0.1, 0.15) is 17.2 Å². The fraction of sp³-hybridized carbons (Fsp3) is 0.263. The molecule has 2 heteroatoms. The summed E-state index contributed by atoms with van der Waals surface area (Å²) in [7, 11) is 0. The van der Waals surface area contributed by atoms with Crippen molar-refractivity contribution in [1.82, 2.24) is 0 Å². The Balaban J connectivity index is 2.01. The van der Waals surface area contributed by atoms with E-state index in [1.54, 1.807) is 0 Å². The standard InChI is InChI=1S/C19H20O2/c1-4-5-6-16-7-9-18(10-8-16)21-19-13-11-17(12-14-19)20-15(2)3/h7-15H,4H2,1-3H3. The van der Waals surface area contributed by atoms with Gasteiger partial charge in [-0.3, -0.25) is 0 Å². The molecule has 0 spiro atoms. The molecule has 0 aliphatic carbocycles. The van der Waals surface area contributed by atoms with Gasteiger partial charge < -0.3 is 9.47 Å². The van der Waals surface area contributed by atoms with E-state index in [1.807, 2.05) is 69.3 Å². The van der Waals surface area contributed by atoms with E-state index < -0.39 is 0 Å². The van der Waals surface area contributed by atoms with Gasteiger partial charge in [0.2, 0.25) is 0 Å². The third-order valence-electron chi connectivity index (χ3n) is 2.70. The maximum absolute atomic E-state index is 5.79. The first-order chi connectivity index (χ1) is 10.2. The number of hydrogen-bond donors (Lipinski definition) is 0. The summed E-state index contributed by atoms with van der Waals surface area (Å²) >= 11 is 0. The van der Waals surface area contributed by atoms with Crippen molar-refractivity contribution in [3.63, 3.8) is 0 Å². The van der Waals surface area contributed by atoms with E-state index in [9.17, 15) is 0 Å². The molecule has 0 aliphatic rings. The van der Waals surface area contributed by atoms with E-state index in [1.165, 1.54) is 0 Å². The Hall–Kier alpha value is -2.40. The number of benzene rings is 2. The van der Waals surface area contributed by atoms with E-state index in [0.29, 0.717) is 0 Å². The van der Waals surface area contributed by atoms with Crippen molar-refractivity contribution in [3.05, 3.63) is 54.1 Å². The minimum Gasteiger partial charge on any atom is -0.491 e. The van der Waals surface area contributed by atoms with Crippen molar-refractivity contribution in [2.45, 2.75) is 33.3 Å². The number of rotatable bonds is 4. The van der Waals surface area contributed by atoms with Crippen LogP contribution in [-0.2, 0) is 0 Å². The van der Waals surface area contributed by atoms with E-state index in [2.05, 4.69) is 11.8 Å². The first kappa shape index (κ1) is 15.0. The van der Waals surface area contributed by atoms with E-state index in [4.69, 9.17) is 9.47 Å². The van der Waals surface area contributed by atoms with Crippen LogP contribution in [0.3, 0.4) is 0 Å². The molecule has 0 bridgehead atoms. The highest BCUT2D eigenvalue weighted by atomic mass is 16.5. The smallest absolute Gasteiger partial charge is 0.127 e. The molecular weight excluding hydrogens is 260 g/mol. The van der Waals surface area contributed by atoms with Crippen molar-refractivity contribution in [2.75, 3.05) is 0 Å². The number of ether oxygens (including phenoxy) is 2. The Labute approximate surface area is 126 Å². The first-order valence-corrected chi connectivity index (χ1v) is 7.21. The monoisotopic (exact) mass is 280 g/mol. The molecule has 0 aliphatic heterocycles. The van der Waals surface area contributed by atoms with Crippen LogP contribution in [0, 0.1) is 11.8 Å². The fourth-order valence-electron chi connectivity index (χ4n) is 1.79. The average molecular weight is 280 g/mol. The van der Waals surface area contributed by atoms with Gasteiger partial charge in [-0.1, -0.05) is 18.8 Å². The highest BCUT2D eigenvalue weighted by molar-refractivity contribution is 5.40. The summed E-state index contributed by atoms with van der Waals surface area (Å²) in [6.45, 7) is 6.05. The third kappa shape index (κ3) is 4.89. The molecule has 2 aromatic carbocycles. The van der Waals surface area contributed by atoms with Gasteiger partial charge in [-0.2, -0.15) is 0 Å². The van der Waals surface area contributed by atoms with Gasteiger partial charge in [0.15, 0.2) is 0 Å². The zero-order valence-corrected chi connectivity index (χ0v) is 12.7. The molecule has 108 valence electrons. The van der Waals surface area contributed by atoms with E-state index >= 15 is 0 Å². The normalized spacial score (nSPS) is 9.90. The average Bonchev–Trinajstić information content (AvgIpc) is 2.48. The predicted molar refractivity (Wildman–Crippen MR) is 85.9 cm³/mol. The topological polar surface area (TPSA) is 18.5 Å². The molecule has 0 saturated carbocycles. The summed E-state index contributed by atoms with van der Waals surface area (Å²) in [4.78, 5) is 0. The van der Waals surface area contributed by atoms with Crippen LogP contribution in [0.4, 0.5) is 0 Å². The van der Waals surface area contributed by atoms with Crippen molar-refractivity contribution in [3.8, 4) is 29.1 Å². The fourth-order valence-corrected chi connectivity index (χ4v) is 1.79. The van der Waals surface area contributed by atoms with Crippen molar-refractivity contribution < 1.29 is 9.47 Å². The van der Waals surface area contributed by atoms with Crippen LogP contribution in [0.2, 0.25) is 0 Å². The molecule has 0 radical (unpaired) electrons. The summed E-state index contributed by atoms with van der Waals surface area (Å²) < 4.78 is 11.4. The van der Waals surface area contributed by atoms with Gasteiger partial charge >= 0.3 is 0 Å². The van der Waals surface area contributed by atoms with Gasteiger partial charge in [0.25, 0.3) is 0 Å². The Kier molecular flexibility index (Phi) is 5.29. The van der Waals surface area contributed by atoms with Crippen LogP contribution in [0.25, 0.3) is 0 Å². The lowest BCUT2D eigenvalue weighted by atomic mass is 10.2. The molecule has 0 N–H and O–H groups in total. The highest BCUT2D eigenvalue weighted by Gasteiger charge is 2.00. The van der Waals surface area contributed by atoms with Gasteiger partial charge in [0.05, 0.1) is 6.10 Å². The molecular formula is C19H20O2. The van der Waals surface area contributed by atoms with Crippen LogP contribution in [-0.4, -0.2) is 6.10 Å². The summed E-state index contributed by atoms with van der Waals surface area (Å²) in [6, 6.07) is 15.4. The maximum Gasteiger partial charge on any atom is 0.127 e. The van der Waals surface area contributed by atoms with Gasteiger partial charge in [-0.05, 0) is 62.4 Å². The molecule has 2 aromatic rings. The maximum atomic E-state index is 5.79. The Morgan fingerprint density at radius 1 is 0.857 bits per heavy atom.